The number of nitrogens with one attached hydrogen (secondary N) is 4. The first-order chi connectivity index (χ1) is 16.9. The normalized spacial score (nSPS) is 11.9. The van der Waals surface area contributed by atoms with Gasteiger partial charge in [-0.15, -0.1) is 0 Å². The van der Waals surface area contributed by atoms with Gasteiger partial charge < -0.3 is 20.7 Å². The van der Waals surface area contributed by atoms with E-state index < -0.39 is 4.92 Å². The molecule has 0 bridgehead atoms. The van der Waals surface area contributed by atoms with Crippen molar-refractivity contribution in [1.82, 2.24) is 10.2 Å². The van der Waals surface area contributed by atoms with Crippen molar-refractivity contribution in [2.45, 2.75) is 0 Å². The van der Waals surface area contributed by atoms with Crippen molar-refractivity contribution in [1.29, 1.82) is 0 Å². The summed E-state index contributed by atoms with van der Waals surface area (Å²) in [5, 5.41) is 26.4. The number of H-pyrrole nitrogens is 1. The molecule has 4 N–H and O–H groups in total. The summed E-state index contributed by atoms with van der Waals surface area (Å²) in [6.07, 6.45) is 1.48. The maximum atomic E-state index is 12.9. The van der Waals surface area contributed by atoms with Crippen LogP contribution in [0.2, 0.25) is 0 Å². The molecule has 0 unspecified atom stereocenters. The molecule has 4 aromatic rings. The maximum Gasteiger partial charge on any atom is 0.310 e. The van der Waals surface area contributed by atoms with E-state index in [0.717, 1.165) is 5.56 Å². The molecule has 1 aliphatic rings. The summed E-state index contributed by atoms with van der Waals surface area (Å²) in [5.41, 5.74) is 4.21. The minimum absolute atomic E-state index is 0.132. The number of rotatable bonds is 5. The summed E-state index contributed by atoms with van der Waals surface area (Å²) in [4.78, 5) is 35.9. The average molecular weight is 470 g/mol. The van der Waals surface area contributed by atoms with Crippen LogP contribution in [0.25, 0.3) is 11.1 Å². The van der Waals surface area contributed by atoms with E-state index in [0.29, 0.717) is 39.6 Å². The number of hydrogen-bond donors (Lipinski definition) is 4. The molecule has 0 radical (unpaired) electrons. The zero-order valence-electron chi connectivity index (χ0n) is 18.3. The van der Waals surface area contributed by atoms with Gasteiger partial charge in [-0.3, -0.25) is 24.8 Å². The fourth-order valence-corrected chi connectivity index (χ4v) is 3.78. The van der Waals surface area contributed by atoms with Crippen LogP contribution in [-0.4, -0.2) is 34.0 Å². The smallest absolute Gasteiger partial charge is 0.310 e. The number of aromatic amines is 1. The molecule has 1 aromatic heterocycles. The van der Waals surface area contributed by atoms with E-state index in [1.807, 2.05) is 0 Å². The minimum Gasteiger partial charge on any atom is -0.490 e. The topological polar surface area (TPSA) is 151 Å². The number of nitro benzene ring substituents is 1. The van der Waals surface area contributed by atoms with Gasteiger partial charge in [0.25, 0.3) is 11.8 Å². The molecule has 2 heterocycles. The van der Waals surface area contributed by atoms with Crippen LogP contribution in [0.5, 0.6) is 5.75 Å². The molecule has 3 aromatic carbocycles. The summed E-state index contributed by atoms with van der Waals surface area (Å²) in [6.45, 7) is 0. The van der Waals surface area contributed by atoms with E-state index in [2.05, 4.69) is 26.1 Å². The number of anilines is 4. The first kappa shape index (κ1) is 21.6. The highest BCUT2D eigenvalue weighted by atomic mass is 16.6. The lowest BCUT2D eigenvalue weighted by Gasteiger charge is -2.12. The fourth-order valence-electron chi connectivity index (χ4n) is 3.78. The number of aromatic nitrogens is 2. The number of ether oxygens (including phenoxy) is 1. The second kappa shape index (κ2) is 8.63. The van der Waals surface area contributed by atoms with E-state index in [-0.39, 0.29) is 23.3 Å². The van der Waals surface area contributed by atoms with Gasteiger partial charge in [-0.05, 0) is 59.7 Å². The lowest BCUT2D eigenvalue weighted by molar-refractivity contribution is -0.385. The van der Waals surface area contributed by atoms with E-state index in [1.54, 1.807) is 54.6 Å². The molecule has 5 rings (SSSR count). The highest BCUT2D eigenvalue weighted by molar-refractivity contribution is 6.13. The van der Waals surface area contributed by atoms with Crippen LogP contribution >= 0.6 is 0 Å². The van der Waals surface area contributed by atoms with Crippen LogP contribution in [0, 0.1) is 10.1 Å². The van der Waals surface area contributed by atoms with E-state index in [4.69, 9.17) is 4.74 Å². The number of benzene rings is 3. The molecule has 1 aliphatic heterocycles. The lowest BCUT2D eigenvalue weighted by Crippen LogP contribution is -2.13. The maximum absolute atomic E-state index is 12.9. The quantitative estimate of drug-likeness (QED) is 0.247. The number of fused-ring (bicyclic) bond motifs is 2. The van der Waals surface area contributed by atoms with Crippen LogP contribution in [0.15, 0.2) is 66.9 Å². The Morgan fingerprint density at radius 3 is 2.51 bits per heavy atom. The Bertz CT molecular complexity index is 1480. The zero-order chi connectivity index (χ0) is 24.5. The number of amides is 2. The summed E-state index contributed by atoms with van der Waals surface area (Å²) in [7, 11) is 1.37. The van der Waals surface area contributed by atoms with Gasteiger partial charge in [0, 0.05) is 18.0 Å². The summed E-state index contributed by atoms with van der Waals surface area (Å²) in [6, 6.07) is 16.5. The van der Waals surface area contributed by atoms with E-state index in [9.17, 15) is 19.7 Å². The highest BCUT2D eigenvalue weighted by Gasteiger charge is 2.21. The van der Waals surface area contributed by atoms with Crippen molar-refractivity contribution in [3.8, 4) is 16.9 Å². The molecule has 0 aliphatic carbocycles. The zero-order valence-corrected chi connectivity index (χ0v) is 18.3. The Balaban J connectivity index is 1.45. The summed E-state index contributed by atoms with van der Waals surface area (Å²) in [5.74, 6) is -0.541. The van der Waals surface area contributed by atoms with Gasteiger partial charge in [-0.1, -0.05) is 6.07 Å². The standard InChI is InChI=1S/C24H18N6O5/c1-35-22-11-14(3-7-21(22)30(33)34)13-2-5-16-19(10-13)27-17-6-4-15(12-20(17)28-23(16)31)26-24(32)18-8-9-25-29-18/h2-12,27H,1H3,(H,25,29)(H,26,32)(H,28,31). The van der Waals surface area contributed by atoms with Crippen LogP contribution in [-0.2, 0) is 0 Å². The third-order valence-corrected chi connectivity index (χ3v) is 5.51. The predicted octanol–water partition coefficient (Wildman–Crippen LogP) is 4.56. The van der Waals surface area contributed by atoms with Crippen molar-refractivity contribution in [2.75, 3.05) is 23.1 Å². The van der Waals surface area contributed by atoms with Gasteiger partial charge in [0.15, 0.2) is 5.75 Å². The summed E-state index contributed by atoms with van der Waals surface area (Å²) >= 11 is 0. The molecule has 0 saturated heterocycles. The number of carbonyl (C=O) groups excluding carboxylic acids is 2. The fraction of sp³-hybridized carbons (Fsp3) is 0.0417. The van der Waals surface area contributed by atoms with Crippen LogP contribution in [0.1, 0.15) is 20.8 Å². The number of nitro groups is 1. The Labute approximate surface area is 198 Å². The molecule has 35 heavy (non-hydrogen) atoms. The Kier molecular flexibility index (Phi) is 5.34. The van der Waals surface area contributed by atoms with Crippen LogP contribution in [0.3, 0.4) is 0 Å². The van der Waals surface area contributed by atoms with Gasteiger partial charge in [0.05, 0.1) is 34.7 Å². The first-order valence-electron chi connectivity index (χ1n) is 10.4. The minimum atomic E-state index is -0.506. The second-order valence-corrected chi connectivity index (χ2v) is 7.67. The number of methoxy groups -OCH3 is 1. The van der Waals surface area contributed by atoms with Crippen LogP contribution < -0.4 is 20.7 Å². The number of hydrogen-bond acceptors (Lipinski definition) is 7. The molecule has 11 nitrogen and oxygen atoms in total. The molecule has 11 heteroatoms. The van der Waals surface area contributed by atoms with Crippen molar-refractivity contribution in [2.24, 2.45) is 0 Å². The van der Waals surface area contributed by atoms with Crippen molar-refractivity contribution in [3.63, 3.8) is 0 Å². The molecule has 0 atom stereocenters. The van der Waals surface area contributed by atoms with Crippen LogP contribution in [0.4, 0.5) is 28.4 Å². The van der Waals surface area contributed by atoms with Gasteiger partial charge in [-0.25, -0.2) is 0 Å². The Hall–Kier alpha value is -5.19. The largest absolute Gasteiger partial charge is 0.490 e. The first-order valence-corrected chi connectivity index (χ1v) is 10.4. The molecule has 2 amide bonds. The SMILES string of the molecule is COc1cc(-c2ccc3c(c2)Nc2ccc(NC(=O)c4ccn[nH]4)cc2NC3=O)ccc1[N+](=O)[O-]. The predicted molar refractivity (Wildman–Crippen MR) is 129 cm³/mol. The van der Waals surface area contributed by atoms with E-state index in [1.165, 1.54) is 19.4 Å². The lowest BCUT2D eigenvalue weighted by atomic mass is 10.0. The molecule has 0 saturated carbocycles. The molecular formula is C24H18N6O5. The summed E-state index contributed by atoms with van der Waals surface area (Å²) < 4.78 is 5.17. The Morgan fingerprint density at radius 1 is 0.971 bits per heavy atom. The second-order valence-electron chi connectivity index (χ2n) is 7.67. The number of carbonyl (C=O) groups is 2. The molecule has 0 spiro atoms. The van der Waals surface area contributed by atoms with Crippen molar-refractivity contribution >= 4 is 40.3 Å². The molecular weight excluding hydrogens is 452 g/mol. The van der Waals surface area contributed by atoms with Gasteiger partial charge in [-0.2, -0.15) is 5.10 Å². The van der Waals surface area contributed by atoms with Gasteiger partial charge >= 0.3 is 5.69 Å². The average Bonchev–Trinajstić information content (AvgIpc) is 3.36. The van der Waals surface area contributed by atoms with Crippen molar-refractivity contribution < 1.29 is 19.2 Å². The van der Waals surface area contributed by atoms with Crippen molar-refractivity contribution in [3.05, 3.63) is 88.2 Å². The monoisotopic (exact) mass is 470 g/mol. The highest BCUT2D eigenvalue weighted by Crippen LogP contribution is 2.37. The van der Waals surface area contributed by atoms with E-state index >= 15 is 0 Å². The number of nitrogens with zero attached hydrogens (tertiary/aromatic N) is 2. The third kappa shape index (κ3) is 4.13. The molecule has 0 fully saturated rings. The molecule has 174 valence electrons. The third-order valence-electron chi connectivity index (χ3n) is 5.51. The van der Waals surface area contributed by atoms with Gasteiger partial charge in [0.2, 0.25) is 0 Å². The van der Waals surface area contributed by atoms with Gasteiger partial charge in [0.1, 0.15) is 5.69 Å². The Morgan fingerprint density at radius 2 is 1.77 bits per heavy atom.